The molecule has 4 aromatic rings. The van der Waals surface area contributed by atoms with E-state index in [0.29, 0.717) is 66.2 Å². The lowest BCUT2D eigenvalue weighted by Crippen LogP contribution is -2.41. The number of nitrogens with one attached hydrogen (secondary N) is 3. The van der Waals surface area contributed by atoms with Crippen LogP contribution in [0.3, 0.4) is 0 Å². The van der Waals surface area contributed by atoms with Crippen molar-refractivity contribution in [3.05, 3.63) is 100 Å². The molecule has 0 radical (unpaired) electrons. The lowest BCUT2D eigenvalue weighted by molar-refractivity contribution is -0.138. The fourth-order valence-electron chi connectivity index (χ4n) is 8.42. The third-order valence-electron chi connectivity index (χ3n) is 12.1. The van der Waals surface area contributed by atoms with Gasteiger partial charge in [-0.15, -0.1) is 5.53 Å². The summed E-state index contributed by atoms with van der Waals surface area (Å²) in [6, 6.07) is 11.2. The Kier molecular flexibility index (Phi) is 16.5. The van der Waals surface area contributed by atoms with E-state index in [4.69, 9.17) is 45.3 Å². The summed E-state index contributed by atoms with van der Waals surface area (Å²) in [6.07, 6.45) is 1.44. The summed E-state index contributed by atoms with van der Waals surface area (Å²) >= 11 is 0. The number of aliphatic hydroxyl groups excluding tert-OH is 1. The number of phenols is 1. The maximum atomic E-state index is 13.3. The highest BCUT2D eigenvalue weighted by atomic mass is 16.6. The molecule has 8 rings (SSSR count). The maximum absolute atomic E-state index is 13.3. The molecule has 25 heteroatoms. The number of carboxylic acids is 2. The summed E-state index contributed by atoms with van der Waals surface area (Å²) in [7, 11) is 0. The summed E-state index contributed by atoms with van der Waals surface area (Å²) in [5.74, 6) is -2.53. The molecule has 1 amide bonds. The van der Waals surface area contributed by atoms with Gasteiger partial charge in [-0.3, -0.25) is 24.0 Å². The van der Waals surface area contributed by atoms with Gasteiger partial charge >= 0.3 is 11.9 Å². The van der Waals surface area contributed by atoms with Crippen LogP contribution in [0.1, 0.15) is 46.2 Å². The van der Waals surface area contributed by atoms with E-state index < -0.39 is 54.5 Å². The fraction of sp³-hybridized carbons (Fsp3) is 0.383. The van der Waals surface area contributed by atoms with Crippen LogP contribution in [0.5, 0.6) is 5.75 Å². The molecular formula is C47H55N11O14. The van der Waals surface area contributed by atoms with E-state index in [2.05, 4.69) is 31.2 Å². The minimum Gasteiger partial charge on any atom is -0.508 e. The molecule has 6 atom stereocenters. The molecule has 1 aliphatic carbocycles. The van der Waals surface area contributed by atoms with Crippen LogP contribution in [0.2, 0.25) is 0 Å². The number of fused-ring (bicyclic) bond motifs is 3. The number of aliphatic hydroxyl groups is 1. The Hall–Kier alpha value is -7.33. The molecule has 2 aromatic carbocycles. The normalized spacial score (nSPS) is 18.7. The zero-order chi connectivity index (χ0) is 50.9. The number of nitrogens with zero attached hydrogens (tertiary/aromatic N) is 5. The van der Waals surface area contributed by atoms with Gasteiger partial charge in [-0.25, -0.2) is 19.7 Å². The number of aliphatic carboxylic acids is 1. The minimum atomic E-state index is -1.22. The van der Waals surface area contributed by atoms with Crippen molar-refractivity contribution < 1.29 is 62.9 Å². The molecule has 25 nitrogen and oxygen atoms in total. The van der Waals surface area contributed by atoms with E-state index in [-0.39, 0.29) is 90.8 Å². The first-order valence-corrected chi connectivity index (χ1v) is 23.0. The second-order valence-corrected chi connectivity index (χ2v) is 16.9. The van der Waals surface area contributed by atoms with Gasteiger partial charge in [-0.05, 0) is 67.3 Å². The highest BCUT2D eigenvalue weighted by molar-refractivity contribution is 6.09. The van der Waals surface area contributed by atoms with Gasteiger partial charge in [0.2, 0.25) is 0 Å². The average Bonchev–Trinajstić information content (AvgIpc) is 4.08. The standard InChI is InChI=1S/C47H55N11O14/c48-26(2-8-34(49)47(65)66)18-37-40(61)41(45(72-37)57-24-54-39-42(50)52-23-53-43(39)57)70-22-27-21-55-56-58(27)10-12-68-14-16-69-15-13-67-11-9-51-44(62)25-1-5-30(46(63)64)33(17-25)38-31-6-3-28(59)19-35(31)71-36-20-29(60)4-7-32(36)38/h1,3-7,17,19-21,23-24,26,34,37,40-41,45,55-56,59,61H,2,8-16,18,22,48-49H2,(H,51,62)(H,63,64)(H,65,66)(H2,50,52,53)/t26-,34-,37+,40+,41+,45+/m0/s1. The number of hydrogen-bond acceptors (Lipinski definition) is 21. The van der Waals surface area contributed by atoms with E-state index in [1.54, 1.807) is 21.8 Å². The number of benzene rings is 3. The molecule has 0 spiro atoms. The second-order valence-electron chi connectivity index (χ2n) is 16.9. The van der Waals surface area contributed by atoms with Gasteiger partial charge in [0.25, 0.3) is 5.91 Å². The van der Waals surface area contributed by atoms with Crippen LogP contribution in [0.25, 0.3) is 44.6 Å². The first kappa shape index (κ1) is 51.0. The van der Waals surface area contributed by atoms with Crippen molar-refractivity contribution in [1.29, 1.82) is 0 Å². The maximum Gasteiger partial charge on any atom is 0.336 e. The van der Waals surface area contributed by atoms with Crippen molar-refractivity contribution in [2.75, 3.05) is 65.1 Å². The number of aromatic carboxylic acids is 1. The number of nitrogen functional groups attached to an aromatic ring is 1. The van der Waals surface area contributed by atoms with E-state index >= 15 is 0 Å². The number of hydrogen-bond donors (Lipinski definition) is 10. The van der Waals surface area contributed by atoms with Crippen LogP contribution in [-0.2, 0) is 28.5 Å². The van der Waals surface area contributed by atoms with Crippen molar-refractivity contribution in [2.24, 2.45) is 11.5 Å². The smallest absolute Gasteiger partial charge is 0.336 e. The Morgan fingerprint density at radius 2 is 1.68 bits per heavy atom. The van der Waals surface area contributed by atoms with Gasteiger partial charge in [0.15, 0.2) is 23.1 Å². The largest absolute Gasteiger partial charge is 0.508 e. The van der Waals surface area contributed by atoms with E-state index in [1.165, 1.54) is 61.2 Å². The first-order chi connectivity index (χ1) is 34.8. The number of carboxylic acid groups (broad SMARTS) is 2. The van der Waals surface area contributed by atoms with Crippen LogP contribution in [0.4, 0.5) is 5.82 Å². The Morgan fingerprint density at radius 3 is 2.46 bits per heavy atom. The molecule has 382 valence electrons. The van der Waals surface area contributed by atoms with Crippen molar-refractivity contribution in [1.82, 2.24) is 40.8 Å². The van der Waals surface area contributed by atoms with Crippen molar-refractivity contribution >= 4 is 45.8 Å². The topological polar surface area (TPSA) is 369 Å². The molecular weight excluding hydrogens is 943 g/mol. The first-order valence-electron chi connectivity index (χ1n) is 23.0. The molecule has 13 N–H and O–H groups in total. The highest BCUT2D eigenvalue weighted by Gasteiger charge is 2.47. The minimum absolute atomic E-state index is 0.0465. The van der Waals surface area contributed by atoms with Crippen molar-refractivity contribution in [3.8, 4) is 28.2 Å². The number of nitrogens with two attached hydrogens (primary N) is 3. The zero-order valence-electron chi connectivity index (χ0n) is 38.7. The Bertz CT molecular complexity index is 2950. The fourth-order valence-corrected chi connectivity index (χ4v) is 8.42. The summed E-state index contributed by atoms with van der Waals surface area (Å²) < 4.78 is 37.2. The molecule has 72 heavy (non-hydrogen) atoms. The van der Waals surface area contributed by atoms with Crippen LogP contribution in [0, 0.1) is 0 Å². The van der Waals surface area contributed by atoms with Gasteiger partial charge < -0.3 is 76.5 Å². The molecule has 1 fully saturated rings. The molecule has 3 aliphatic heterocycles. The Labute approximate surface area is 409 Å². The number of amides is 1. The van der Waals surface area contributed by atoms with E-state index in [9.17, 15) is 39.6 Å². The molecule has 0 saturated carbocycles. The Morgan fingerprint density at radius 1 is 0.903 bits per heavy atom. The van der Waals surface area contributed by atoms with E-state index in [0.717, 1.165) is 0 Å². The SMILES string of the molecule is Nc1ncnc2c1ncn2[C@@H]1O[C@H](C[C@@H](N)CC[C@H](N)C(=O)O)[C@@H](O)[C@H]1OCC1=CNNN1CCOCCOCCOCCNC(=O)c1ccc(C(=O)O)c(-c2c3ccc(=O)cc-3oc3cc(O)ccc23)c1. The molecule has 2 aromatic heterocycles. The van der Waals surface area contributed by atoms with Gasteiger partial charge in [-0.1, -0.05) is 0 Å². The number of phenolic OH excluding ortho intramolecular Hbond substituents is 1. The number of carbonyl (C=O) groups is 3. The predicted molar refractivity (Wildman–Crippen MR) is 256 cm³/mol. The van der Waals surface area contributed by atoms with Crippen LogP contribution < -0.4 is 38.9 Å². The van der Waals surface area contributed by atoms with Crippen molar-refractivity contribution in [3.63, 3.8) is 0 Å². The molecule has 1 saturated heterocycles. The summed E-state index contributed by atoms with van der Waals surface area (Å²) in [4.78, 5) is 61.7. The summed E-state index contributed by atoms with van der Waals surface area (Å²) in [6.45, 7) is 2.23. The summed E-state index contributed by atoms with van der Waals surface area (Å²) in [5, 5.41) is 46.0. The highest BCUT2D eigenvalue weighted by Crippen LogP contribution is 2.42. The van der Waals surface area contributed by atoms with Crippen molar-refractivity contribution in [2.45, 2.75) is 55.9 Å². The quantitative estimate of drug-likeness (QED) is 0.0281. The van der Waals surface area contributed by atoms with Gasteiger partial charge in [0.1, 0.15) is 47.2 Å². The van der Waals surface area contributed by atoms with Crippen LogP contribution in [0.15, 0.2) is 88.4 Å². The number of aromatic nitrogens is 4. The molecule has 0 unspecified atom stereocenters. The third-order valence-corrected chi connectivity index (χ3v) is 12.1. The molecule has 4 aliphatic rings. The number of ether oxygens (including phenoxy) is 5. The number of hydrazine groups is 2. The molecule has 5 heterocycles. The Balaban J connectivity index is 0.750. The van der Waals surface area contributed by atoms with Crippen LogP contribution in [-0.4, -0.2) is 153 Å². The van der Waals surface area contributed by atoms with Crippen LogP contribution >= 0.6 is 0 Å². The van der Waals surface area contributed by atoms with E-state index in [1.807, 2.05) is 0 Å². The number of anilines is 1. The predicted octanol–water partition coefficient (Wildman–Crippen LogP) is 0.890. The third kappa shape index (κ3) is 11.9. The average molecular weight is 998 g/mol. The lowest BCUT2D eigenvalue weighted by Gasteiger charge is -2.25. The number of imidazole rings is 1. The summed E-state index contributed by atoms with van der Waals surface area (Å²) in [5.41, 5.74) is 26.6. The van der Waals surface area contributed by atoms with Gasteiger partial charge in [-0.2, -0.15) is 0 Å². The number of aromatic hydroxyl groups is 1. The number of carbonyl (C=O) groups excluding carboxylic acids is 1. The second kappa shape index (κ2) is 23.3. The molecule has 0 bridgehead atoms. The number of rotatable bonds is 25. The lowest BCUT2D eigenvalue weighted by atomic mass is 9.89. The monoisotopic (exact) mass is 997 g/mol. The van der Waals surface area contributed by atoms with Gasteiger partial charge in [0, 0.05) is 53.0 Å². The zero-order valence-corrected chi connectivity index (χ0v) is 38.7. The van der Waals surface area contributed by atoms with Gasteiger partial charge in [0.05, 0.1) is 76.5 Å².